The van der Waals surface area contributed by atoms with Crippen molar-refractivity contribution < 1.29 is 9.66 Å². The SMILES string of the molecule is Cc1ccc(C)c(Oc2ccc([N+](=O)[O-])cc2CCl)c1C. The van der Waals surface area contributed by atoms with Gasteiger partial charge < -0.3 is 4.74 Å². The lowest BCUT2D eigenvalue weighted by molar-refractivity contribution is -0.384. The van der Waals surface area contributed by atoms with Crippen molar-refractivity contribution in [2.45, 2.75) is 26.7 Å². The number of halogens is 1. The van der Waals surface area contributed by atoms with Crippen molar-refractivity contribution in [1.82, 2.24) is 0 Å². The molecule has 0 aliphatic heterocycles. The number of aryl methyl sites for hydroxylation is 2. The van der Waals surface area contributed by atoms with Crippen LogP contribution in [0, 0.1) is 30.9 Å². The van der Waals surface area contributed by atoms with Gasteiger partial charge in [-0.1, -0.05) is 12.1 Å². The van der Waals surface area contributed by atoms with Gasteiger partial charge in [0.2, 0.25) is 0 Å². The van der Waals surface area contributed by atoms with Gasteiger partial charge in [0.25, 0.3) is 5.69 Å². The minimum atomic E-state index is -0.441. The minimum Gasteiger partial charge on any atom is -0.456 e. The summed E-state index contributed by atoms with van der Waals surface area (Å²) in [6.07, 6.45) is 0. The fourth-order valence-corrected chi connectivity index (χ4v) is 2.28. The summed E-state index contributed by atoms with van der Waals surface area (Å²) in [5.41, 5.74) is 3.80. The Hall–Kier alpha value is -2.07. The molecule has 2 aromatic carbocycles. The highest BCUT2D eigenvalue weighted by Crippen LogP contribution is 2.34. The fourth-order valence-electron chi connectivity index (χ4n) is 2.08. The second-order valence-corrected chi connectivity index (χ2v) is 5.21. The van der Waals surface area contributed by atoms with E-state index in [1.165, 1.54) is 12.1 Å². The Labute approximate surface area is 128 Å². The number of rotatable bonds is 4. The lowest BCUT2D eigenvalue weighted by atomic mass is 10.1. The molecule has 2 rings (SSSR count). The van der Waals surface area contributed by atoms with Crippen molar-refractivity contribution >= 4 is 17.3 Å². The van der Waals surface area contributed by atoms with Gasteiger partial charge >= 0.3 is 0 Å². The molecule has 0 N–H and O–H groups in total. The van der Waals surface area contributed by atoms with Crippen LogP contribution in [0.15, 0.2) is 30.3 Å². The monoisotopic (exact) mass is 305 g/mol. The van der Waals surface area contributed by atoms with Gasteiger partial charge in [0.15, 0.2) is 0 Å². The summed E-state index contributed by atoms with van der Waals surface area (Å²) in [6.45, 7) is 5.97. The number of nitrogens with zero attached hydrogens (tertiary/aromatic N) is 1. The largest absolute Gasteiger partial charge is 0.456 e. The first-order chi connectivity index (χ1) is 9.93. The highest BCUT2D eigenvalue weighted by atomic mass is 35.5. The molecule has 0 radical (unpaired) electrons. The third kappa shape index (κ3) is 3.16. The average molecular weight is 306 g/mol. The van der Waals surface area contributed by atoms with E-state index in [1.54, 1.807) is 6.07 Å². The summed E-state index contributed by atoms with van der Waals surface area (Å²) in [4.78, 5) is 10.4. The van der Waals surface area contributed by atoms with Gasteiger partial charge in [-0.3, -0.25) is 10.1 Å². The Morgan fingerprint density at radius 1 is 1.14 bits per heavy atom. The van der Waals surface area contributed by atoms with Crippen molar-refractivity contribution in [1.29, 1.82) is 0 Å². The molecule has 0 bridgehead atoms. The average Bonchev–Trinajstić information content (AvgIpc) is 2.47. The molecule has 21 heavy (non-hydrogen) atoms. The first-order valence-electron chi connectivity index (χ1n) is 6.52. The number of nitro groups is 1. The number of nitro benzene ring substituents is 1. The van der Waals surface area contributed by atoms with Gasteiger partial charge in [0.05, 0.1) is 10.8 Å². The van der Waals surface area contributed by atoms with Gasteiger partial charge in [-0.15, -0.1) is 11.6 Å². The van der Waals surface area contributed by atoms with Crippen LogP contribution in [0.3, 0.4) is 0 Å². The number of alkyl halides is 1. The molecule has 0 aromatic heterocycles. The number of hydrogen-bond donors (Lipinski definition) is 0. The Balaban J connectivity index is 2.45. The molecule has 0 amide bonds. The summed E-state index contributed by atoms with van der Waals surface area (Å²) in [7, 11) is 0. The highest BCUT2D eigenvalue weighted by Gasteiger charge is 2.14. The summed E-state index contributed by atoms with van der Waals surface area (Å²) < 4.78 is 5.97. The van der Waals surface area contributed by atoms with Crippen molar-refractivity contribution in [3.63, 3.8) is 0 Å². The molecule has 0 heterocycles. The lowest BCUT2D eigenvalue weighted by Crippen LogP contribution is -1.97. The summed E-state index contributed by atoms with van der Waals surface area (Å²) in [6, 6.07) is 8.49. The Bertz CT molecular complexity index is 698. The molecule has 0 saturated heterocycles. The second-order valence-electron chi connectivity index (χ2n) is 4.94. The number of benzene rings is 2. The zero-order chi connectivity index (χ0) is 15.6. The lowest BCUT2D eigenvalue weighted by Gasteiger charge is -2.15. The molecule has 5 heteroatoms. The standard InChI is InChI=1S/C16H16ClNO3/c1-10-4-5-11(2)16(12(10)3)21-15-7-6-14(18(19)20)8-13(15)9-17/h4-8H,9H2,1-3H3. The Morgan fingerprint density at radius 3 is 2.43 bits per heavy atom. The van der Waals surface area contributed by atoms with Crippen molar-refractivity contribution in [2.24, 2.45) is 0 Å². The van der Waals surface area contributed by atoms with E-state index < -0.39 is 4.92 Å². The van der Waals surface area contributed by atoms with Crippen LogP contribution in [-0.2, 0) is 5.88 Å². The molecule has 4 nitrogen and oxygen atoms in total. The highest BCUT2D eigenvalue weighted by molar-refractivity contribution is 6.17. The zero-order valence-electron chi connectivity index (χ0n) is 12.1. The van der Waals surface area contributed by atoms with Crippen LogP contribution in [0.1, 0.15) is 22.3 Å². The Morgan fingerprint density at radius 2 is 1.81 bits per heavy atom. The molecule has 0 aliphatic rings. The van der Waals surface area contributed by atoms with Crippen molar-refractivity contribution in [3.8, 4) is 11.5 Å². The van der Waals surface area contributed by atoms with Crippen LogP contribution >= 0.6 is 11.6 Å². The van der Waals surface area contributed by atoms with E-state index in [2.05, 4.69) is 0 Å². The molecule has 0 aliphatic carbocycles. The van der Waals surface area contributed by atoms with Crippen LogP contribution in [-0.4, -0.2) is 4.92 Å². The number of non-ortho nitro benzene ring substituents is 1. The minimum absolute atomic E-state index is 0.00989. The van der Waals surface area contributed by atoms with E-state index in [0.29, 0.717) is 11.3 Å². The van der Waals surface area contributed by atoms with Crippen LogP contribution in [0.4, 0.5) is 5.69 Å². The number of ether oxygens (including phenoxy) is 1. The van der Waals surface area contributed by atoms with Crippen molar-refractivity contribution in [2.75, 3.05) is 0 Å². The molecule has 0 unspecified atom stereocenters. The van der Waals surface area contributed by atoms with Crippen LogP contribution in [0.5, 0.6) is 11.5 Å². The molecule has 0 atom stereocenters. The predicted octanol–water partition coefficient (Wildman–Crippen LogP) is 5.05. The van der Waals surface area contributed by atoms with Gasteiger partial charge in [0, 0.05) is 17.7 Å². The zero-order valence-corrected chi connectivity index (χ0v) is 12.9. The van der Waals surface area contributed by atoms with E-state index in [4.69, 9.17) is 16.3 Å². The smallest absolute Gasteiger partial charge is 0.270 e. The van der Waals surface area contributed by atoms with E-state index in [1.807, 2.05) is 32.9 Å². The molecule has 0 fully saturated rings. The third-order valence-corrected chi connectivity index (χ3v) is 3.77. The fraction of sp³-hybridized carbons (Fsp3) is 0.250. The maximum Gasteiger partial charge on any atom is 0.270 e. The van der Waals surface area contributed by atoms with Crippen LogP contribution < -0.4 is 4.74 Å². The first kappa shape index (κ1) is 15.3. The molecule has 0 spiro atoms. The van der Waals surface area contributed by atoms with E-state index in [-0.39, 0.29) is 11.6 Å². The summed E-state index contributed by atoms with van der Waals surface area (Å²) >= 11 is 5.88. The molecule has 2 aromatic rings. The van der Waals surface area contributed by atoms with Gasteiger partial charge in [-0.05, 0) is 43.5 Å². The molecule has 110 valence electrons. The van der Waals surface area contributed by atoms with Gasteiger partial charge in [0.1, 0.15) is 11.5 Å². The second kappa shape index (κ2) is 6.14. The molecular weight excluding hydrogens is 290 g/mol. The quantitative estimate of drug-likeness (QED) is 0.451. The summed E-state index contributed by atoms with van der Waals surface area (Å²) in [5, 5.41) is 10.8. The normalized spacial score (nSPS) is 10.5. The van der Waals surface area contributed by atoms with Crippen molar-refractivity contribution in [3.05, 3.63) is 62.7 Å². The number of hydrogen-bond acceptors (Lipinski definition) is 3. The van der Waals surface area contributed by atoms with E-state index in [0.717, 1.165) is 22.4 Å². The summed E-state index contributed by atoms with van der Waals surface area (Å²) in [5.74, 6) is 1.48. The predicted molar refractivity (Wildman–Crippen MR) is 83.4 cm³/mol. The maximum absolute atomic E-state index is 10.8. The maximum atomic E-state index is 10.8. The van der Waals surface area contributed by atoms with Crippen LogP contribution in [0.2, 0.25) is 0 Å². The van der Waals surface area contributed by atoms with Gasteiger partial charge in [-0.2, -0.15) is 0 Å². The topological polar surface area (TPSA) is 52.4 Å². The third-order valence-electron chi connectivity index (χ3n) is 3.48. The molecular formula is C16H16ClNO3. The van der Waals surface area contributed by atoms with E-state index in [9.17, 15) is 10.1 Å². The first-order valence-corrected chi connectivity index (χ1v) is 7.05. The molecule has 0 saturated carbocycles. The van der Waals surface area contributed by atoms with Crippen LogP contribution in [0.25, 0.3) is 0 Å². The van der Waals surface area contributed by atoms with E-state index >= 15 is 0 Å². The Kier molecular flexibility index (Phi) is 4.48. The van der Waals surface area contributed by atoms with Gasteiger partial charge in [-0.25, -0.2) is 0 Å².